The first-order chi connectivity index (χ1) is 14.6. The molecule has 0 bridgehead atoms. The molecule has 2 N–H and O–H groups in total. The Kier molecular flexibility index (Phi) is 11.8. The molecule has 1 aromatic carbocycles. The standard InChI is InChI=1S/C21H28Br4O7/c1-11(27)10-30-18(28)12-13(15(23)17(25)16(24)14(12)22)19(29)32-21(4,5)7-9-31-20(2,3)6-8-26/h11,26-27H,6-10H2,1-5H3. The molecule has 182 valence electrons. The van der Waals surface area contributed by atoms with Crippen LogP contribution in [0.4, 0.5) is 0 Å². The highest BCUT2D eigenvalue weighted by molar-refractivity contribution is 9.15. The van der Waals surface area contributed by atoms with Crippen molar-refractivity contribution in [2.45, 2.75) is 64.8 Å². The first kappa shape index (κ1) is 30.0. The van der Waals surface area contributed by atoms with Gasteiger partial charge in [-0.2, -0.15) is 0 Å². The fourth-order valence-electron chi connectivity index (χ4n) is 2.55. The van der Waals surface area contributed by atoms with E-state index >= 15 is 0 Å². The topological polar surface area (TPSA) is 102 Å². The van der Waals surface area contributed by atoms with Crippen LogP contribution in [0, 0.1) is 0 Å². The molecule has 1 atom stereocenters. The highest BCUT2D eigenvalue weighted by Crippen LogP contribution is 2.43. The number of hydrogen-bond donors (Lipinski definition) is 2. The Bertz CT molecular complexity index is 838. The zero-order chi connectivity index (χ0) is 24.9. The Hall–Kier alpha value is -0.0400. The fraction of sp³-hybridized carbons (Fsp3) is 0.619. The van der Waals surface area contributed by atoms with Crippen LogP contribution in [0.3, 0.4) is 0 Å². The number of halogens is 4. The predicted molar refractivity (Wildman–Crippen MR) is 135 cm³/mol. The summed E-state index contributed by atoms with van der Waals surface area (Å²) in [5.41, 5.74) is -1.45. The van der Waals surface area contributed by atoms with Gasteiger partial charge in [-0.15, -0.1) is 0 Å². The van der Waals surface area contributed by atoms with E-state index in [0.29, 0.717) is 37.3 Å². The number of rotatable bonds is 11. The summed E-state index contributed by atoms with van der Waals surface area (Å²) in [6.45, 7) is 8.83. The summed E-state index contributed by atoms with van der Waals surface area (Å²) < 4.78 is 18.3. The van der Waals surface area contributed by atoms with Crippen LogP contribution in [0.1, 0.15) is 68.2 Å². The lowest BCUT2D eigenvalue weighted by atomic mass is 10.0. The van der Waals surface area contributed by atoms with Crippen molar-refractivity contribution in [2.24, 2.45) is 0 Å². The van der Waals surface area contributed by atoms with Gasteiger partial charge < -0.3 is 24.4 Å². The third kappa shape index (κ3) is 8.63. The molecule has 1 rings (SSSR count). The molecule has 1 aromatic rings. The quantitative estimate of drug-likeness (QED) is 0.171. The lowest BCUT2D eigenvalue weighted by molar-refractivity contribution is -0.0625. The van der Waals surface area contributed by atoms with Gasteiger partial charge >= 0.3 is 11.9 Å². The van der Waals surface area contributed by atoms with Gasteiger partial charge in [0.15, 0.2) is 0 Å². The number of aliphatic hydroxyl groups is 2. The molecule has 0 fully saturated rings. The minimum atomic E-state index is -0.904. The van der Waals surface area contributed by atoms with E-state index < -0.39 is 29.2 Å². The molecule has 0 radical (unpaired) electrons. The smallest absolute Gasteiger partial charge is 0.340 e. The molecule has 1 unspecified atom stereocenters. The van der Waals surface area contributed by atoms with E-state index in [-0.39, 0.29) is 24.3 Å². The third-order valence-corrected chi connectivity index (χ3v) is 9.18. The van der Waals surface area contributed by atoms with Crippen molar-refractivity contribution in [2.75, 3.05) is 19.8 Å². The van der Waals surface area contributed by atoms with Gasteiger partial charge in [0.25, 0.3) is 0 Å². The van der Waals surface area contributed by atoms with E-state index in [1.165, 1.54) is 6.92 Å². The summed E-state index contributed by atoms with van der Waals surface area (Å²) in [5, 5.41) is 18.6. The maximum absolute atomic E-state index is 13.2. The molecular weight excluding hydrogens is 684 g/mol. The average Bonchev–Trinajstić information content (AvgIpc) is 2.65. The maximum atomic E-state index is 13.2. The number of carbonyl (C=O) groups excluding carboxylic acids is 2. The summed E-state index contributed by atoms with van der Waals surface area (Å²) in [5.74, 6) is -1.51. The molecule has 0 amide bonds. The van der Waals surface area contributed by atoms with Crippen LogP contribution >= 0.6 is 63.7 Å². The second-order valence-corrected chi connectivity index (χ2v) is 11.6. The fourth-order valence-corrected chi connectivity index (χ4v) is 4.99. The van der Waals surface area contributed by atoms with Gasteiger partial charge in [0.2, 0.25) is 0 Å². The lowest BCUT2D eigenvalue weighted by Crippen LogP contribution is -2.33. The summed E-state index contributed by atoms with van der Waals surface area (Å²) in [6.07, 6.45) is 0.0229. The molecule has 0 aliphatic heterocycles. The monoisotopic (exact) mass is 708 g/mol. The van der Waals surface area contributed by atoms with Crippen molar-refractivity contribution >= 4 is 75.7 Å². The van der Waals surface area contributed by atoms with Crippen LogP contribution in [-0.2, 0) is 14.2 Å². The van der Waals surface area contributed by atoms with Crippen LogP contribution in [0.15, 0.2) is 17.9 Å². The average molecular weight is 712 g/mol. The van der Waals surface area contributed by atoms with Crippen LogP contribution < -0.4 is 0 Å². The summed E-state index contributed by atoms with van der Waals surface area (Å²) in [6, 6.07) is 0. The number of esters is 2. The van der Waals surface area contributed by atoms with E-state index in [0.717, 1.165) is 0 Å². The van der Waals surface area contributed by atoms with Crippen molar-refractivity contribution in [3.8, 4) is 0 Å². The summed E-state index contributed by atoms with van der Waals surface area (Å²) in [7, 11) is 0. The van der Waals surface area contributed by atoms with Gasteiger partial charge in [0.05, 0.1) is 29.4 Å². The molecule has 0 saturated heterocycles. The minimum absolute atomic E-state index is 0.0145. The number of benzene rings is 1. The molecule has 7 nitrogen and oxygen atoms in total. The molecule has 0 aliphatic carbocycles. The van der Waals surface area contributed by atoms with E-state index in [1.54, 1.807) is 13.8 Å². The molecule has 0 aliphatic rings. The van der Waals surface area contributed by atoms with E-state index in [9.17, 15) is 14.7 Å². The molecule has 0 spiro atoms. The van der Waals surface area contributed by atoms with Crippen molar-refractivity contribution < 1.29 is 34.0 Å². The van der Waals surface area contributed by atoms with Crippen molar-refractivity contribution in [1.29, 1.82) is 0 Å². The largest absolute Gasteiger partial charge is 0.459 e. The highest BCUT2D eigenvalue weighted by Gasteiger charge is 2.33. The number of ether oxygens (including phenoxy) is 3. The summed E-state index contributed by atoms with van der Waals surface area (Å²) in [4.78, 5) is 25.9. The number of carbonyl (C=O) groups is 2. The Balaban J connectivity index is 3.17. The van der Waals surface area contributed by atoms with Crippen LogP contribution in [-0.4, -0.2) is 59.3 Å². The normalized spacial score (nSPS) is 13.1. The third-order valence-electron chi connectivity index (χ3n) is 4.41. The van der Waals surface area contributed by atoms with Crippen molar-refractivity contribution in [1.82, 2.24) is 0 Å². The van der Waals surface area contributed by atoms with Gasteiger partial charge in [-0.25, -0.2) is 9.59 Å². The van der Waals surface area contributed by atoms with Crippen molar-refractivity contribution in [3.05, 3.63) is 29.0 Å². The maximum Gasteiger partial charge on any atom is 0.340 e. The molecule has 32 heavy (non-hydrogen) atoms. The molecule has 0 aromatic heterocycles. The Labute approximate surface area is 222 Å². The molecule has 0 heterocycles. The second kappa shape index (κ2) is 12.6. The molecular formula is C21H28Br4O7. The predicted octanol–water partition coefficient (Wildman–Crippen LogP) is 5.78. The first-order valence-corrected chi connectivity index (χ1v) is 13.0. The van der Waals surface area contributed by atoms with Gasteiger partial charge in [0.1, 0.15) is 12.2 Å². The number of hydrogen-bond acceptors (Lipinski definition) is 7. The Morgan fingerprint density at radius 1 is 0.875 bits per heavy atom. The lowest BCUT2D eigenvalue weighted by Gasteiger charge is -2.29. The van der Waals surface area contributed by atoms with Crippen molar-refractivity contribution in [3.63, 3.8) is 0 Å². The molecule has 11 heteroatoms. The van der Waals surface area contributed by atoms with E-state index in [2.05, 4.69) is 63.7 Å². The van der Waals surface area contributed by atoms with Gasteiger partial charge in [-0.05, 0) is 105 Å². The SMILES string of the molecule is CC(O)COC(=O)c1c(Br)c(Br)c(Br)c(Br)c1C(=O)OC(C)(C)CCOC(C)(C)CCO. The van der Waals surface area contributed by atoms with Gasteiger partial charge in [-0.1, -0.05) is 0 Å². The zero-order valence-corrected chi connectivity index (χ0v) is 24.9. The Morgan fingerprint density at radius 2 is 1.38 bits per heavy atom. The van der Waals surface area contributed by atoms with Gasteiger partial charge in [-0.3, -0.25) is 0 Å². The van der Waals surface area contributed by atoms with Crippen LogP contribution in [0.25, 0.3) is 0 Å². The van der Waals surface area contributed by atoms with E-state index in [4.69, 9.17) is 19.3 Å². The Morgan fingerprint density at radius 3 is 1.84 bits per heavy atom. The summed E-state index contributed by atoms with van der Waals surface area (Å²) >= 11 is 13.5. The zero-order valence-electron chi connectivity index (χ0n) is 18.6. The number of aliphatic hydroxyl groups excluding tert-OH is 2. The molecule has 0 saturated carbocycles. The highest BCUT2D eigenvalue weighted by atomic mass is 79.9. The minimum Gasteiger partial charge on any atom is -0.459 e. The second-order valence-electron chi connectivity index (χ2n) is 8.43. The van der Waals surface area contributed by atoms with Crippen LogP contribution in [0.2, 0.25) is 0 Å². The first-order valence-electron chi connectivity index (χ1n) is 9.83. The van der Waals surface area contributed by atoms with Crippen LogP contribution in [0.5, 0.6) is 0 Å². The van der Waals surface area contributed by atoms with Gasteiger partial charge in [0, 0.05) is 30.9 Å². The van der Waals surface area contributed by atoms with E-state index in [1.807, 2.05) is 13.8 Å².